The molecule has 1 fully saturated rings. The van der Waals surface area contributed by atoms with Gasteiger partial charge in [-0.25, -0.2) is 0 Å². The molecule has 0 bridgehead atoms. The summed E-state index contributed by atoms with van der Waals surface area (Å²) in [5, 5.41) is 8.84. The third-order valence-corrected chi connectivity index (χ3v) is 2.86. The highest BCUT2D eigenvalue weighted by molar-refractivity contribution is 5.86. The van der Waals surface area contributed by atoms with Gasteiger partial charge in [-0.2, -0.15) is 13.2 Å². The summed E-state index contributed by atoms with van der Waals surface area (Å²) in [6.45, 7) is 0.893. The van der Waals surface area contributed by atoms with Crippen LogP contribution in [0.25, 0.3) is 0 Å². The van der Waals surface area contributed by atoms with Gasteiger partial charge in [-0.1, -0.05) is 0 Å². The number of carbonyl (C=O) groups is 1. The number of likely N-dealkylation sites (tertiary alicyclic amines) is 1. The minimum Gasteiger partial charge on any atom is -0.396 e. The molecule has 0 saturated carbocycles. The summed E-state index contributed by atoms with van der Waals surface area (Å²) in [5.74, 6) is -1.27. The van der Waals surface area contributed by atoms with Crippen molar-refractivity contribution < 1.29 is 23.1 Å². The third-order valence-electron chi connectivity index (χ3n) is 2.86. The van der Waals surface area contributed by atoms with Crippen LogP contribution < -0.4 is 5.73 Å². The summed E-state index contributed by atoms with van der Waals surface area (Å²) in [6, 6.07) is 0. The monoisotopic (exact) mass is 240 g/mol. The highest BCUT2D eigenvalue weighted by Gasteiger charge is 2.55. The summed E-state index contributed by atoms with van der Waals surface area (Å²) < 4.78 is 37.5. The van der Waals surface area contributed by atoms with Crippen LogP contribution in [0.3, 0.4) is 0 Å². The number of aliphatic hydroxyl groups excluding tert-OH is 1. The zero-order chi connectivity index (χ0) is 12.6. The molecule has 0 radical (unpaired) electrons. The van der Waals surface area contributed by atoms with Gasteiger partial charge in [0.05, 0.1) is 0 Å². The molecule has 0 aromatic rings. The standard InChI is InChI=1S/C9H15F3N2O2/c1-8(13,9(10,11)12)7(16)14-3-2-6(4-14)5-15/h6,15H,2-5,13H2,1H3. The zero-order valence-corrected chi connectivity index (χ0v) is 8.92. The van der Waals surface area contributed by atoms with Gasteiger partial charge in [-0.05, 0) is 13.3 Å². The first kappa shape index (κ1) is 13.2. The lowest BCUT2D eigenvalue weighted by molar-refractivity contribution is -0.193. The lowest BCUT2D eigenvalue weighted by Gasteiger charge is -2.30. The molecule has 7 heteroatoms. The summed E-state index contributed by atoms with van der Waals surface area (Å²) in [4.78, 5) is 12.6. The number of alkyl halides is 3. The summed E-state index contributed by atoms with van der Waals surface area (Å²) in [7, 11) is 0. The van der Waals surface area contributed by atoms with Crippen LogP contribution in [0, 0.1) is 5.92 Å². The average molecular weight is 240 g/mol. The minimum absolute atomic E-state index is 0.128. The molecule has 1 aliphatic rings. The molecule has 4 nitrogen and oxygen atoms in total. The molecule has 1 heterocycles. The van der Waals surface area contributed by atoms with Gasteiger partial charge in [-0.15, -0.1) is 0 Å². The maximum atomic E-state index is 12.5. The van der Waals surface area contributed by atoms with E-state index in [1.165, 1.54) is 0 Å². The molecule has 1 rings (SSSR count). The summed E-state index contributed by atoms with van der Waals surface area (Å²) in [6.07, 6.45) is -4.25. The van der Waals surface area contributed by atoms with E-state index in [9.17, 15) is 18.0 Å². The van der Waals surface area contributed by atoms with Gasteiger partial charge in [0.2, 0.25) is 0 Å². The highest BCUT2D eigenvalue weighted by Crippen LogP contribution is 2.31. The van der Waals surface area contributed by atoms with Crippen molar-refractivity contribution >= 4 is 5.91 Å². The van der Waals surface area contributed by atoms with Crippen molar-refractivity contribution in [3.63, 3.8) is 0 Å². The van der Waals surface area contributed by atoms with Crippen LogP contribution in [0.1, 0.15) is 13.3 Å². The van der Waals surface area contributed by atoms with Gasteiger partial charge in [-0.3, -0.25) is 4.79 Å². The fraction of sp³-hybridized carbons (Fsp3) is 0.889. The minimum atomic E-state index is -4.76. The quantitative estimate of drug-likeness (QED) is 0.719. The van der Waals surface area contributed by atoms with Gasteiger partial charge in [0.1, 0.15) is 0 Å². The van der Waals surface area contributed by atoms with E-state index in [0.29, 0.717) is 13.3 Å². The number of carbonyl (C=O) groups excluding carboxylic acids is 1. The Bertz CT molecular complexity index is 278. The number of nitrogens with zero attached hydrogens (tertiary/aromatic N) is 1. The Kier molecular flexibility index (Phi) is 3.49. The Hall–Kier alpha value is -0.820. The van der Waals surface area contributed by atoms with E-state index in [1.54, 1.807) is 0 Å². The van der Waals surface area contributed by atoms with Gasteiger partial charge in [0.15, 0.2) is 5.54 Å². The van der Waals surface area contributed by atoms with Crippen molar-refractivity contribution in [2.75, 3.05) is 19.7 Å². The second kappa shape index (κ2) is 4.21. The maximum absolute atomic E-state index is 12.5. The lowest BCUT2D eigenvalue weighted by atomic mass is 10.0. The van der Waals surface area contributed by atoms with Crippen LogP contribution in [-0.2, 0) is 4.79 Å². The number of nitrogens with two attached hydrogens (primary N) is 1. The second-order valence-corrected chi connectivity index (χ2v) is 4.29. The Morgan fingerprint density at radius 3 is 2.50 bits per heavy atom. The van der Waals surface area contributed by atoms with E-state index in [2.05, 4.69) is 0 Å². The molecule has 1 aliphatic heterocycles. The van der Waals surface area contributed by atoms with E-state index in [1.807, 2.05) is 0 Å². The molecule has 2 unspecified atom stereocenters. The highest BCUT2D eigenvalue weighted by atomic mass is 19.4. The van der Waals surface area contributed by atoms with Crippen molar-refractivity contribution in [3.8, 4) is 0 Å². The number of rotatable bonds is 2. The molecule has 0 aromatic carbocycles. The third kappa shape index (κ3) is 2.30. The summed E-state index contributed by atoms with van der Waals surface area (Å²) in [5.41, 5.74) is 2.18. The van der Waals surface area contributed by atoms with Crippen molar-refractivity contribution in [1.82, 2.24) is 4.90 Å². The van der Waals surface area contributed by atoms with Crippen LogP contribution in [0.4, 0.5) is 13.2 Å². The fourth-order valence-electron chi connectivity index (χ4n) is 1.62. The molecule has 2 atom stereocenters. The molecule has 16 heavy (non-hydrogen) atoms. The predicted octanol–water partition coefficient (Wildman–Crippen LogP) is 0.107. The van der Waals surface area contributed by atoms with E-state index >= 15 is 0 Å². The first-order valence-electron chi connectivity index (χ1n) is 4.96. The molecule has 94 valence electrons. The van der Waals surface area contributed by atoms with Crippen LogP contribution >= 0.6 is 0 Å². The number of aliphatic hydroxyl groups is 1. The SMILES string of the molecule is CC(N)(C(=O)N1CCC(CO)C1)C(F)(F)F. The summed E-state index contributed by atoms with van der Waals surface area (Å²) >= 11 is 0. The number of amides is 1. The van der Waals surface area contributed by atoms with Crippen LogP contribution in [0.15, 0.2) is 0 Å². The second-order valence-electron chi connectivity index (χ2n) is 4.29. The lowest BCUT2D eigenvalue weighted by Crippen LogP contribution is -2.61. The first-order chi connectivity index (χ1) is 7.20. The molecule has 3 N–H and O–H groups in total. The molecule has 0 spiro atoms. The van der Waals surface area contributed by atoms with Crippen LogP contribution in [0.2, 0.25) is 0 Å². The Morgan fingerprint density at radius 1 is 1.56 bits per heavy atom. The molecule has 0 aromatic heterocycles. The van der Waals surface area contributed by atoms with E-state index < -0.39 is 17.6 Å². The van der Waals surface area contributed by atoms with E-state index in [0.717, 1.165) is 4.90 Å². The van der Waals surface area contributed by atoms with Crippen LogP contribution in [-0.4, -0.2) is 47.3 Å². The fourth-order valence-corrected chi connectivity index (χ4v) is 1.62. The van der Waals surface area contributed by atoms with E-state index in [-0.39, 0.29) is 25.6 Å². The molecule has 0 aliphatic carbocycles. The number of halogens is 3. The Balaban J connectivity index is 2.72. The first-order valence-corrected chi connectivity index (χ1v) is 4.96. The largest absolute Gasteiger partial charge is 0.415 e. The molecule has 1 saturated heterocycles. The van der Waals surface area contributed by atoms with Gasteiger partial charge >= 0.3 is 6.18 Å². The number of hydrogen-bond acceptors (Lipinski definition) is 3. The Morgan fingerprint density at radius 2 is 2.12 bits per heavy atom. The van der Waals surface area contributed by atoms with Crippen molar-refractivity contribution in [1.29, 1.82) is 0 Å². The molecule has 1 amide bonds. The predicted molar refractivity (Wildman–Crippen MR) is 50.4 cm³/mol. The van der Waals surface area contributed by atoms with Crippen molar-refractivity contribution in [3.05, 3.63) is 0 Å². The van der Waals surface area contributed by atoms with Gasteiger partial charge < -0.3 is 15.7 Å². The van der Waals surface area contributed by atoms with Crippen molar-refractivity contribution in [2.45, 2.75) is 25.1 Å². The Labute approximate surface area is 91.2 Å². The van der Waals surface area contributed by atoms with E-state index in [4.69, 9.17) is 10.8 Å². The van der Waals surface area contributed by atoms with Gasteiger partial charge in [0.25, 0.3) is 5.91 Å². The zero-order valence-electron chi connectivity index (χ0n) is 8.92. The average Bonchev–Trinajstić information content (AvgIpc) is 2.62. The topological polar surface area (TPSA) is 66.6 Å². The smallest absolute Gasteiger partial charge is 0.396 e. The molecular weight excluding hydrogens is 225 g/mol. The van der Waals surface area contributed by atoms with Crippen molar-refractivity contribution in [2.24, 2.45) is 11.7 Å². The molecular formula is C9H15F3N2O2. The normalized spacial score (nSPS) is 25.6. The van der Waals surface area contributed by atoms with Gasteiger partial charge in [0, 0.05) is 25.6 Å². The van der Waals surface area contributed by atoms with Crippen LogP contribution in [0.5, 0.6) is 0 Å². The number of hydrogen-bond donors (Lipinski definition) is 2. The maximum Gasteiger partial charge on any atom is 0.415 e.